The van der Waals surface area contributed by atoms with Crippen molar-refractivity contribution in [1.29, 1.82) is 0 Å². The lowest BCUT2D eigenvalue weighted by molar-refractivity contribution is 0.0571. The van der Waals surface area contributed by atoms with E-state index in [9.17, 15) is 0 Å². The fraction of sp³-hybridized carbons (Fsp3) is 0.304. The standard InChI is InChI=1S/C23H24N2O3/c1-2-7-20(19(6-1)21-10-5-15-26-21)25-13-11-24(12-14-25)16-18-17-27-22-8-3-4-9-23(22)28-18/h1-10,15,18H,11-14,16-17H2. The SMILES string of the molecule is c1coc(-c2ccccc2N2CCN(CC3COc4ccccc4O3)CC2)c1. The average Bonchev–Trinajstić information content (AvgIpc) is 3.29. The van der Waals surface area contributed by atoms with Gasteiger partial charge in [0.05, 0.1) is 6.26 Å². The summed E-state index contributed by atoms with van der Waals surface area (Å²) in [7, 11) is 0. The smallest absolute Gasteiger partial charge is 0.161 e. The molecule has 0 N–H and O–H groups in total. The van der Waals surface area contributed by atoms with Crippen molar-refractivity contribution in [1.82, 2.24) is 4.90 Å². The Morgan fingerprint density at radius 2 is 1.61 bits per heavy atom. The van der Waals surface area contributed by atoms with Gasteiger partial charge in [0.1, 0.15) is 18.5 Å². The van der Waals surface area contributed by atoms with Crippen molar-refractivity contribution in [3.05, 3.63) is 66.9 Å². The Labute approximate surface area is 165 Å². The third-order valence-electron chi connectivity index (χ3n) is 5.43. The van der Waals surface area contributed by atoms with Crippen molar-refractivity contribution in [3.63, 3.8) is 0 Å². The minimum Gasteiger partial charge on any atom is -0.486 e. The highest BCUT2D eigenvalue weighted by Crippen LogP contribution is 2.33. The van der Waals surface area contributed by atoms with E-state index in [1.165, 1.54) is 5.69 Å². The lowest BCUT2D eigenvalue weighted by Gasteiger charge is -2.38. The zero-order chi connectivity index (χ0) is 18.8. The number of fused-ring (bicyclic) bond motifs is 1. The molecule has 0 bridgehead atoms. The summed E-state index contributed by atoms with van der Waals surface area (Å²) in [5.74, 6) is 2.62. The maximum Gasteiger partial charge on any atom is 0.161 e. The molecule has 5 nitrogen and oxygen atoms in total. The Hall–Kier alpha value is -2.92. The van der Waals surface area contributed by atoms with Crippen LogP contribution in [-0.2, 0) is 0 Å². The number of anilines is 1. The lowest BCUT2D eigenvalue weighted by Crippen LogP contribution is -2.50. The molecule has 1 fully saturated rings. The summed E-state index contributed by atoms with van der Waals surface area (Å²) < 4.78 is 17.6. The first-order chi connectivity index (χ1) is 13.9. The molecule has 28 heavy (non-hydrogen) atoms. The summed E-state index contributed by atoms with van der Waals surface area (Å²) in [4.78, 5) is 4.91. The van der Waals surface area contributed by atoms with Gasteiger partial charge in [-0.1, -0.05) is 24.3 Å². The van der Waals surface area contributed by atoms with E-state index < -0.39 is 0 Å². The van der Waals surface area contributed by atoms with Gasteiger partial charge in [-0.3, -0.25) is 4.90 Å². The number of ether oxygens (including phenoxy) is 2. The van der Waals surface area contributed by atoms with Crippen LogP contribution in [0.5, 0.6) is 11.5 Å². The normalized spacial score (nSPS) is 19.6. The van der Waals surface area contributed by atoms with Gasteiger partial charge < -0.3 is 18.8 Å². The third kappa shape index (κ3) is 3.45. The quantitative estimate of drug-likeness (QED) is 0.690. The van der Waals surface area contributed by atoms with Gasteiger partial charge in [0.15, 0.2) is 11.5 Å². The van der Waals surface area contributed by atoms with Crippen LogP contribution in [-0.4, -0.2) is 50.3 Å². The average molecular weight is 376 g/mol. The first-order valence-electron chi connectivity index (χ1n) is 9.85. The Morgan fingerprint density at radius 1 is 0.821 bits per heavy atom. The molecule has 2 aliphatic rings. The second-order valence-corrected chi connectivity index (χ2v) is 7.28. The molecule has 3 heterocycles. The Morgan fingerprint density at radius 3 is 2.43 bits per heavy atom. The van der Waals surface area contributed by atoms with Crippen LogP contribution in [0.1, 0.15) is 0 Å². The van der Waals surface area contributed by atoms with Crippen LogP contribution >= 0.6 is 0 Å². The number of furan rings is 1. The van der Waals surface area contributed by atoms with Crippen molar-refractivity contribution < 1.29 is 13.9 Å². The molecule has 0 amide bonds. The van der Waals surface area contributed by atoms with E-state index in [0.29, 0.717) is 6.61 Å². The van der Waals surface area contributed by atoms with E-state index in [-0.39, 0.29) is 6.10 Å². The zero-order valence-corrected chi connectivity index (χ0v) is 15.8. The van der Waals surface area contributed by atoms with E-state index in [1.807, 2.05) is 36.4 Å². The zero-order valence-electron chi connectivity index (χ0n) is 15.8. The molecule has 0 radical (unpaired) electrons. The lowest BCUT2D eigenvalue weighted by atomic mass is 10.1. The summed E-state index contributed by atoms with van der Waals surface area (Å²) in [6, 6.07) is 20.3. The Bertz CT molecular complexity index is 917. The highest BCUT2D eigenvalue weighted by molar-refractivity contribution is 5.75. The molecule has 0 aliphatic carbocycles. The summed E-state index contributed by atoms with van der Waals surface area (Å²) in [6.07, 6.45) is 1.81. The molecule has 5 rings (SSSR count). The van der Waals surface area contributed by atoms with Crippen LogP contribution in [0.25, 0.3) is 11.3 Å². The highest BCUT2D eigenvalue weighted by atomic mass is 16.6. The Balaban J connectivity index is 1.21. The third-order valence-corrected chi connectivity index (χ3v) is 5.43. The monoisotopic (exact) mass is 376 g/mol. The summed E-state index contributed by atoms with van der Waals surface area (Å²) in [5.41, 5.74) is 2.39. The number of nitrogens with zero attached hydrogens (tertiary/aromatic N) is 2. The molecule has 1 atom stereocenters. The molecule has 0 spiro atoms. The van der Waals surface area contributed by atoms with Crippen LogP contribution < -0.4 is 14.4 Å². The van der Waals surface area contributed by atoms with Gasteiger partial charge in [0.25, 0.3) is 0 Å². The fourth-order valence-electron chi connectivity index (χ4n) is 4.00. The summed E-state index contributed by atoms with van der Waals surface area (Å²) in [5, 5.41) is 0. The predicted molar refractivity (Wildman–Crippen MR) is 109 cm³/mol. The highest BCUT2D eigenvalue weighted by Gasteiger charge is 2.26. The molecule has 3 aromatic rings. The molecule has 2 aromatic carbocycles. The molecule has 5 heteroatoms. The van der Waals surface area contributed by atoms with E-state index in [2.05, 4.69) is 34.1 Å². The number of hydrogen-bond donors (Lipinski definition) is 0. The van der Waals surface area contributed by atoms with Gasteiger partial charge in [-0.2, -0.15) is 0 Å². The fourth-order valence-corrected chi connectivity index (χ4v) is 4.00. The largest absolute Gasteiger partial charge is 0.486 e. The van der Waals surface area contributed by atoms with Crippen molar-refractivity contribution in [3.8, 4) is 22.8 Å². The second kappa shape index (κ2) is 7.60. The van der Waals surface area contributed by atoms with Gasteiger partial charge in [-0.05, 0) is 36.4 Å². The van der Waals surface area contributed by atoms with Crippen molar-refractivity contribution in [2.75, 3.05) is 44.2 Å². The van der Waals surface area contributed by atoms with Gasteiger partial charge in [-0.25, -0.2) is 0 Å². The molecule has 0 saturated carbocycles. The Kier molecular flexibility index (Phi) is 4.67. The van der Waals surface area contributed by atoms with Crippen molar-refractivity contribution in [2.45, 2.75) is 6.10 Å². The van der Waals surface area contributed by atoms with E-state index >= 15 is 0 Å². The molecular formula is C23H24N2O3. The number of hydrogen-bond acceptors (Lipinski definition) is 5. The molecule has 1 saturated heterocycles. The van der Waals surface area contributed by atoms with Crippen molar-refractivity contribution in [2.24, 2.45) is 0 Å². The van der Waals surface area contributed by atoms with Crippen LogP contribution in [0.2, 0.25) is 0 Å². The van der Waals surface area contributed by atoms with Gasteiger partial charge >= 0.3 is 0 Å². The number of para-hydroxylation sites is 3. The van der Waals surface area contributed by atoms with Crippen LogP contribution in [0.15, 0.2) is 71.3 Å². The molecule has 2 aliphatic heterocycles. The predicted octanol–water partition coefficient (Wildman–Crippen LogP) is 3.91. The first kappa shape index (κ1) is 17.2. The number of rotatable bonds is 4. The summed E-state index contributed by atoms with van der Waals surface area (Å²) >= 11 is 0. The first-order valence-corrected chi connectivity index (χ1v) is 9.85. The molecule has 144 valence electrons. The second-order valence-electron chi connectivity index (χ2n) is 7.28. The van der Waals surface area contributed by atoms with E-state index in [4.69, 9.17) is 13.9 Å². The minimum absolute atomic E-state index is 0.0804. The summed E-state index contributed by atoms with van der Waals surface area (Å²) in [6.45, 7) is 5.49. The molecular weight excluding hydrogens is 352 g/mol. The van der Waals surface area contributed by atoms with Gasteiger partial charge in [0, 0.05) is 44.0 Å². The molecule has 1 unspecified atom stereocenters. The van der Waals surface area contributed by atoms with Crippen LogP contribution in [0.4, 0.5) is 5.69 Å². The van der Waals surface area contributed by atoms with Crippen LogP contribution in [0, 0.1) is 0 Å². The molecule has 1 aromatic heterocycles. The number of piperazine rings is 1. The van der Waals surface area contributed by atoms with E-state index in [1.54, 1.807) is 6.26 Å². The van der Waals surface area contributed by atoms with Gasteiger partial charge in [0.2, 0.25) is 0 Å². The maximum atomic E-state index is 6.12. The number of benzene rings is 2. The van der Waals surface area contributed by atoms with Crippen LogP contribution in [0.3, 0.4) is 0 Å². The minimum atomic E-state index is 0.0804. The van der Waals surface area contributed by atoms with E-state index in [0.717, 1.165) is 55.5 Å². The topological polar surface area (TPSA) is 38.1 Å². The van der Waals surface area contributed by atoms with Gasteiger partial charge in [-0.15, -0.1) is 0 Å². The van der Waals surface area contributed by atoms with Crippen molar-refractivity contribution >= 4 is 5.69 Å². The maximum absolute atomic E-state index is 6.12.